The third-order valence-electron chi connectivity index (χ3n) is 7.26. The molecule has 0 radical (unpaired) electrons. The molecule has 2 aliphatic heterocycles. The summed E-state index contributed by atoms with van der Waals surface area (Å²) in [5, 5.41) is 7.18. The third kappa shape index (κ3) is 7.86. The zero-order valence-electron chi connectivity index (χ0n) is 26.1. The van der Waals surface area contributed by atoms with Gasteiger partial charge >= 0.3 is 29.4 Å². The lowest BCUT2D eigenvalue weighted by molar-refractivity contribution is 0.300. The SMILES string of the molecule is C=C(/C=C\C=C/C)O[P+]12NC(C)[P+](Oc3ccccc3)(Oc3ccccc3)N[P+](O)(Oc3ccccc3)NC1C2Oc1ccccc1. The molecule has 4 aromatic carbocycles. The molecule has 4 aromatic rings. The van der Waals surface area contributed by atoms with Gasteiger partial charge in [-0.15, -0.1) is 5.09 Å². The summed E-state index contributed by atoms with van der Waals surface area (Å²) in [4.78, 5) is 16.0. The second kappa shape index (κ2) is 14.6. The average molecular weight is 691 g/mol. The molecule has 5 unspecified atom stereocenters. The molecule has 5 atom stereocenters. The van der Waals surface area contributed by atoms with Crippen molar-refractivity contribution in [1.29, 1.82) is 0 Å². The highest BCUT2D eigenvalue weighted by Gasteiger charge is 2.90. The Bertz CT molecular complexity index is 1640. The third-order valence-corrected chi connectivity index (χ3v) is 16.4. The molecule has 0 saturated carbocycles. The molecule has 4 N–H and O–H groups in total. The van der Waals surface area contributed by atoms with Crippen molar-refractivity contribution < 1.29 is 27.7 Å². The first kappa shape index (κ1) is 33.1. The molecule has 2 aliphatic rings. The molecular formula is C35H39N3O6P3+3. The van der Waals surface area contributed by atoms with Crippen molar-refractivity contribution in [3.8, 4) is 23.0 Å². The van der Waals surface area contributed by atoms with E-state index in [1.54, 1.807) is 18.2 Å². The number of hydrogen-bond donors (Lipinski definition) is 4. The number of ether oxygens (including phenoxy) is 1. The molecule has 2 fully saturated rings. The average Bonchev–Trinajstić information content (AvgIpc) is 3.61. The summed E-state index contributed by atoms with van der Waals surface area (Å²) in [6.45, 7) is 8.10. The smallest absolute Gasteiger partial charge is 0.446 e. The van der Waals surface area contributed by atoms with Crippen LogP contribution >= 0.6 is 23.5 Å². The minimum Gasteiger partial charge on any atom is -0.446 e. The first-order valence-corrected chi connectivity index (χ1v) is 20.4. The fourth-order valence-corrected chi connectivity index (χ4v) is 15.6. The fourth-order valence-electron chi connectivity index (χ4n) is 5.04. The summed E-state index contributed by atoms with van der Waals surface area (Å²) in [6.07, 6.45) is 7.50. The number of fused-ring (bicyclic) bond motifs is 1. The summed E-state index contributed by atoms with van der Waals surface area (Å²) in [5.74, 6) is 1.14. The van der Waals surface area contributed by atoms with Crippen molar-refractivity contribution in [3.05, 3.63) is 158 Å². The van der Waals surface area contributed by atoms with Gasteiger partial charge in [-0.05, 0) is 68.5 Å². The Kier molecular flexibility index (Phi) is 10.3. The lowest BCUT2D eigenvalue weighted by atomic mass is 10.3. The molecule has 0 aliphatic carbocycles. The minimum absolute atomic E-state index is 0.443. The maximum Gasteiger partial charge on any atom is 0.515 e. The van der Waals surface area contributed by atoms with E-state index < -0.39 is 40.9 Å². The quantitative estimate of drug-likeness (QED) is 0.0659. The van der Waals surface area contributed by atoms with Crippen molar-refractivity contribution in [2.24, 2.45) is 0 Å². The highest BCUT2D eigenvalue weighted by Crippen LogP contribution is 2.86. The van der Waals surface area contributed by atoms with Gasteiger partial charge in [0.25, 0.3) is 5.78 Å². The summed E-state index contributed by atoms with van der Waals surface area (Å²) in [5.41, 5.74) is 0. The molecule has 0 spiro atoms. The molecule has 0 bridgehead atoms. The molecule has 47 heavy (non-hydrogen) atoms. The molecule has 2 heterocycles. The Balaban J connectivity index is 1.47. The van der Waals surface area contributed by atoms with Gasteiger partial charge in [-0.1, -0.05) is 103 Å². The Morgan fingerprint density at radius 3 is 1.70 bits per heavy atom. The monoisotopic (exact) mass is 690 g/mol. The van der Waals surface area contributed by atoms with Gasteiger partial charge in [0.05, 0.1) is 4.86 Å². The molecule has 2 saturated heterocycles. The van der Waals surface area contributed by atoms with Crippen molar-refractivity contribution in [3.63, 3.8) is 0 Å². The molecule has 9 nitrogen and oxygen atoms in total. The van der Waals surface area contributed by atoms with Crippen LogP contribution in [0.2, 0.25) is 0 Å². The van der Waals surface area contributed by atoms with Gasteiger partial charge in [0.1, 0.15) is 5.75 Å². The van der Waals surface area contributed by atoms with E-state index in [4.69, 9.17) is 22.8 Å². The summed E-state index contributed by atoms with van der Waals surface area (Å²) >= 11 is 0. The molecular weight excluding hydrogens is 651 g/mol. The maximum atomic E-state index is 12.6. The van der Waals surface area contributed by atoms with E-state index in [1.165, 1.54) is 0 Å². The molecule has 242 valence electrons. The van der Waals surface area contributed by atoms with Crippen molar-refractivity contribution >= 4 is 23.5 Å². The van der Waals surface area contributed by atoms with Crippen LogP contribution in [0.5, 0.6) is 23.0 Å². The Hall–Kier alpha value is -3.77. The molecule has 0 amide bonds. The number of rotatable bonds is 12. The van der Waals surface area contributed by atoms with Crippen LogP contribution in [0.1, 0.15) is 13.8 Å². The number of allylic oxidation sites excluding steroid dienone is 4. The van der Waals surface area contributed by atoms with Crippen LogP contribution in [0.4, 0.5) is 0 Å². The molecule has 12 heteroatoms. The van der Waals surface area contributed by atoms with Crippen LogP contribution < -0.4 is 33.3 Å². The van der Waals surface area contributed by atoms with E-state index in [0.29, 0.717) is 28.8 Å². The van der Waals surface area contributed by atoms with Crippen LogP contribution in [0.3, 0.4) is 0 Å². The van der Waals surface area contributed by atoms with Crippen LogP contribution in [-0.2, 0) is 4.52 Å². The Morgan fingerprint density at radius 1 is 0.702 bits per heavy atom. The van der Waals surface area contributed by atoms with Gasteiger partial charge < -0.3 is 9.26 Å². The highest BCUT2D eigenvalue weighted by atomic mass is 31.3. The van der Waals surface area contributed by atoms with Crippen LogP contribution in [0.25, 0.3) is 0 Å². The number of benzene rings is 4. The summed E-state index contributed by atoms with van der Waals surface area (Å²) < 4.78 is 33.4. The number of hydrogen-bond acceptors (Lipinski definition) is 9. The predicted molar refractivity (Wildman–Crippen MR) is 192 cm³/mol. The van der Waals surface area contributed by atoms with E-state index in [2.05, 4.69) is 21.6 Å². The first-order valence-electron chi connectivity index (χ1n) is 15.2. The van der Waals surface area contributed by atoms with E-state index in [1.807, 2.05) is 141 Å². The van der Waals surface area contributed by atoms with E-state index in [0.717, 1.165) is 0 Å². The normalized spacial score (nSPS) is 26.4. The zero-order chi connectivity index (χ0) is 32.7. The van der Waals surface area contributed by atoms with Gasteiger partial charge in [-0.25, -0.2) is 0 Å². The van der Waals surface area contributed by atoms with Gasteiger partial charge in [-0.3, -0.25) is 13.6 Å². The van der Waals surface area contributed by atoms with E-state index in [9.17, 15) is 4.89 Å². The van der Waals surface area contributed by atoms with E-state index in [-0.39, 0.29) is 0 Å². The van der Waals surface area contributed by atoms with Gasteiger partial charge in [0, 0.05) is 0 Å². The van der Waals surface area contributed by atoms with Gasteiger partial charge in [0.15, 0.2) is 23.0 Å². The van der Waals surface area contributed by atoms with Gasteiger partial charge in [-0.2, -0.15) is 4.89 Å². The first-order chi connectivity index (χ1) is 22.8. The predicted octanol–water partition coefficient (Wildman–Crippen LogP) is 9.04. The lowest BCUT2D eigenvalue weighted by Crippen LogP contribution is -2.45. The minimum atomic E-state index is -3.79. The standard InChI is InChI=1S/C35H39N3O6P3/c1-4-5-10-19-28(2)41-45-34(35(45)40-30-20-11-6-12-21-30)37-47(39,44-33-26-17-9-18-27-33)38-46(29(3)36-45,42-31-22-13-7-14-23-31)43-32-24-15-8-16-25-32/h4-27,29,34-39H,2H2,1,3H3/q+3/b5-4-,19-10-. The zero-order valence-corrected chi connectivity index (χ0v) is 28.8. The maximum absolute atomic E-state index is 12.6. The topological polar surface area (TPSA) is 102 Å². The van der Waals surface area contributed by atoms with Gasteiger partial charge in [0.2, 0.25) is 5.78 Å². The Morgan fingerprint density at radius 2 is 1.19 bits per heavy atom. The Labute approximate surface area is 277 Å². The summed E-state index contributed by atoms with van der Waals surface area (Å²) in [7, 11) is -10.0. The van der Waals surface area contributed by atoms with Crippen molar-refractivity contribution in [2.75, 3.05) is 0 Å². The molecule has 0 aromatic heterocycles. The molecule has 6 rings (SSSR count). The van der Waals surface area contributed by atoms with E-state index >= 15 is 0 Å². The van der Waals surface area contributed by atoms with Crippen molar-refractivity contribution in [2.45, 2.75) is 31.3 Å². The van der Waals surface area contributed by atoms with Crippen LogP contribution in [0.15, 0.2) is 158 Å². The van der Waals surface area contributed by atoms with Crippen LogP contribution in [0, 0.1) is 0 Å². The fraction of sp³-hybridized carbons (Fsp3) is 0.143. The number of para-hydroxylation sites is 4. The second-order valence-electron chi connectivity index (χ2n) is 10.8. The second-order valence-corrected chi connectivity index (χ2v) is 18.5. The largest absolute Gasteiger partial charge is 0.515 e. The summed E-state index contributed by atoms with van der Waals surface area (Å²) in [6, 6.07) is 37.4. The highest BCUT2D eigenvalue weighted by molar-refractivity contribution is 7.84. The van der Waals surface area contributed by atoms with Crippen molar-refractivity contribution in [1.82, 2.24) is 15.0 Å². The number of nitrogens with one attached hydrogen (secondary N) is 3. The van der Waals surface area contributed by atoms with Crippen LogP contribution in [-0.4, -0.2) is 22.3 Å². The lowest BCUT2D eigenvalue weighted by Gasteiger charge is -2.31.